The molecule has 0 aliphatic heterocycles. The zero-order valence-electron chi connectivity index (χ0n) is 16.5. The molecule has 0 unspecified atom stereocenters. The van der Waals surface area contributed by atoms with E-state index in [1.807, 2.05) is 0 Å². The largest absolute Gasteiger partial charge is 0.326 e. The Hall–Kier alpha value is -2.98. The number of aryl methyl sites for hydroxylation is 1. The van der Waals surface area contributed by atoms with Gasteiger partial charge in [0.05, 0.1) is 11.3 Å². The van der Waals surface area contributed by atoms with Gasteiger partial charge in [0.25, 0.3) is 5.56 Å². The summed E-state index contributed by atoms with van der Waals surface area (Å²) in [4.78, 5) is 29.4. The molecule has 2 N–H and O–H groups in total. The number of benzene rings is 1. The number of nitrogens with zero attached hydrogens (tertiary/aromatic N) is 3. The van der Waals surface area contributed by atoms with E-state index in [0.717, 1.165) is 0 Å². The first-order chi connectivity index (χ1) is 13.8. The van der Waals surface area contributed by atoms with Crippen molar-refractivity contribution in [1.29, 1.82) is 0 Å². The lowest BCUT2D eigenvalue weighted by molar-refractivity contribution is -0.115. The van der Waals surface area contributed by atoms with E-state index < -0.39 is 15.9 Å². The zero-order valence-corrected chi connectivity index (χ0v) is 17.3. The van der Waals surface area contributed by atoms with Gasteiger partial charge in [-0.25, -0.2) is 17.9 Å². The minimum absolute atomic E-state index is 0.140. The van der Waals surface area contributed by atoms with Crippen molar-refractivity contribution in [3.8, 4) is 0 Å². The van der Waals surface area contributed by atoms with Gasteiger partial charge in [0.2, 0.25) is 15.9 Å². The molecule has 0 bridgehead atoms. The molecule has 0 spiro atoms. The Kier molecular flexibility index (Phi) is 5.85. The van der Waals surface area contributed by atoms with Crippen LogP contribution in [0.4, 0.5) is 5.69 Å². The first kappa shape index (κ1) is 20.7. The van der Waals surface area contributed by atoms with E-state index >= 15 is 0 Å². The van der Waals surface area contributed by atoms with Gasteiger partial charge in [-0.15, -0.1) is 0 Å². The van der Waals surface area contributed by atoms with Crippen LogP contribution in [0.2, 0.25) is 0 Å². The topological polar surface area (TPSA) is 117 Å². The van der Waals surface area contributed by atoms with Crippen molar-refractivity contribution in [2.24, 2.45) is 0 Å². The quantitative estimate of drug-likeness (QED) is 0.605. The predicted molar refractivity (Wildman–Crippen MR) is 109 cm³/mol. The molecular formula is C19H23N5O4S. The molecule has 0 aliphatic rings. The Bertz CT molecular complexity index is 1190. The summed E-state index contributed by atoms with van der Waals surface area (Å²) in [7, 11) is -3.56. The number of nitrogens with one attached hydrogen (secondary N) is 2. The van der Waals surface area contributed by atoms with E-state index in [-0.39, 0.29) is 16.9 Å². The second kappa shape index (κ2) is 8.18. The van der Waals surface area contributed by atoms with E-state index in [1.165, 1.54) is 33.1 Å². The lowest BCUT2D eigenvalue weighted by Crippen LogP contribution is -2.30. The number of sulfonamides is 1. The Morgan fingerprint density at radius 2 is 1.83 bits per heavy atom. The number of rotatable bonds is 7. The molecule has 2 heterocycles. The van der Waals surface area contributed by atoms with Gasteiger partial charge in [-0.3, -0.25) is 14.7 Å². The average molecular weight is 417 g/mol. The molecule has 3 rings (SSSR count). The molecule has 1 amide bonds. The minimum Gasteiger partial charge on any atom is -0.326 e. The maximum Gasteiger partial charge on any atom is 0.276 e. The molecule has 9 nitrogen and oxygen atoms in total. The van der Waals surface area contributed by atoms with Gasteiger partial charge >= 0.3 is 0 Å². The number of hydrogen-bond donors (Lipinski definition) is 2. The highest BCUT2D eigenvalue weighted by atomic mass is 32.2. The lowest BCUT2D eigenvalue weighted by atomic mass is 10.1. The van der Waals surface area contributed by atoms with Gasteiger partial charge in [-0.1, -0.05) is 13.8 Å². The molecule has 10 heteroatoms. The number of aromatic nitrogens is 3. The van der Waals surface area contributed by atoms with E-state index in [2.05, 4.69) is 15.4 Å². The molecule has 0 saturated carbocycles. The SMILES string of the molecule is CCN(CC)S(=O)(=O)c1ccc(NC(=O)Cc2c(C)nc3cc[nH]n3c2=O)cc1. The Morgan fingerprint density at radius 3 is 2.45 bits per heavy atom. The van der Waals surface area contributed by atoms with Crippen molar-refractivity contribution in [3.63, 3.8) is 0 Å². The van der Waals surface area contributed by atoms with Crippen LogP contribution in [0.1, 0.15) is 25.1 Å². The van der Waals surface area contributed by atoms with Crippen LogP contribution < -0.4 is 10.9 Å². The van der Waals surface area contributed by atoms with Gasteiger partial charge < -0.3 is 5.32 Å². The molecule has 154 valence electrons. The number of fused-ring (bicyclic) bond motifs is 1. The number of aromatic amines is 1. The number of carbonyl (C=O) groups is 1. The zero-order chi connectivity index (χ0) is 21.2. The Balaban J connectivity index is 1.76. The molecule has 2 aromatic heterocycles. The predicted octanol–water partition coefficient (Wildman–Crippen LogP) is 1.54. The van der Waals surface area contributed by atoms with Gasteiger partial charge in [0.1, 0.15) is 0 Å². The highest BCUT2D eigenvalue weighted by Gasteiger charge is 2.21. The van der Waals surface area contributed by atoms with Crippen molar-refractivity contribution in [3.05, 3.63) is 58.1 Å². The third-order valence-electron chi connectivity index (χ3n) is 4.66. The number of anilines is 1. The fourth-order valence-corrected chi connectivity index (χ4v) is 4.56. The molecular weight excluding hydrogens is 394 g/mol. The molecule has 0 aliphatic carbocycles. The summed E-state index contributed by atoms with van der Waals surface area (Å²) in [6.45, 7) is 6.00. The number of H-pyrrole nitrogens is 1. The highest BCUT2D eigenvalue weighted by molar-refractivity contribution is 7.89. The first-order valence-electron chi connectivity index (χ1n) is 9.23. The maximum absolute atomic E-state index is 12.5. The van der Waals surface area contributed by atoms with Gasteiger partial charge in [0, 0.05) is 42.3 Å². The van der Waals surface area contributed by atoms with Gasteiger partial charge in [-0.05, 0) is 31.2 Å². The molecule has 0 fully saturated rings. The summed E-state index contributed by atoms with van der Waals surface area (Å²) in [5.74, 6) is -0.391. The van der Waals surface area contributed by atoms with Crippen LogP contribution in [-0.2, 0) is 21.2 Å². The Morgan fingerprint density at radius 1 is 1.17 bits per heavy atom. The van der Waals surface area contributed by atoms with Crippen LogP contribution in [0.5, 0.6) is 0 Å². The standard InChI is InChI=1S/C19H23N5O4S/c1-4-23(5-2)29(27,28)15-8-6-14(7-9-15)22-18(25)12-16-13(3)21-17-10-11-20-24(17)19(16)26/h6-11,20H,4-5,12H2,1-3H3,(H,22,25). The summed E-state index contributed by atoms with van der Waals surface area (Å²) in [6.07, 6.45) is 1.46. The number of hydrogen-bond acceptors (Lipinski definition) is 5. The van der Waals surface area contributed by atoms with E-state index in [4.69, 9.17) is 0 Å². The van der Waals surface area contributed by atoms with Gasteiger partial charge in [0.15, 0.2) is 5.65 Å². The molecule has 0 radical (unpaired) electrons. The summed E-state index contributed by atoms with van der Waals surface area (Å²) in [5, 5.41) is 5.46. The van der Waals surface area contributed by atoms with Crippen molar-refractivity contribution in [1.82, 2.24) is 18.9 Å². The first-order valence-corrected chi connectivity index (χ1v) is 10.7. The van der Waals surface area contributed by atoms with E-state index in [0.29, 0.717) is 35.7 Å². The van der Waals surface area contributed by atoms with Crippen molar-refractivity contribution < 1.29 is 13.2 Å². The van der Waals surface area contributed by atoms with Crippen LogP contribution in [-0.4, -0.2) is 46.3 Å². The average Bonchev–Trinajstić information content (AvgIpc) is 3.15. The van der Waals surface area contributed by atoms with Crippen molar-refractivity contribution in [2.75, 3.05) is 18.4 Å². The third-order valence-corrected chi connectivity index (χ3v) is 6.73. The molecule has 3 aromatic rings. The Labute approximate surface area is 168 Å². The number of carbonyl (C=O) groups excluding carboxylic acids is 1. The molecule has 0 atom stereocenters. The second-order valence-electron chi connectivity index (χ2n) is 6.48. The summed E-state index contributed by atoms with van der Waals surface area (Å²) in [5.41, 5.74) is 1.39. The monoisotopic (exact) mass is 417 g/mol. The molecule has 1 aromatic carbocycles. The van der Waals surface area contributed by atoms with Crippen LogP contribution in [0.3, 0.4) is 0 Å². The summed E-state index contributed by atoms with van der Waals surface area (Å²) < 4.78 is 27.7. The van der Waals surface area contributed by atoms with E-state index in [9.17, 15) is 18.0 Å². The second-order valence-corrected chi connectivity index (χ2v) is 8.41. The van der Waals surface area contributed by atoms with Crippen LogP contribution in [0.15, 0.2) is 46.2 Å². The number of amides is 1. The smallest absolute Gasteiger partial charge is 0.276 e. The van der Waals surface area contributed by atoms with Crippen LogP contribution in [0.25, 0.3) is 5.65 Å². The van der Waals surface area contributed by atoms with E-state index in [1.54, 1.807) is 33.0 Å². The molecule has 0 saturated heterocycles. The maximum atomic E-state index is 12.5. The summed E-state index contributed by atoms with van der Waals surface area (Å²) in [6, 6.07) is 7.64. The summed E-state index contributed by atoms with van der Waals surface area (Å²) >= 11 is 0. The van der Waals surface area contributed by atoms with Crippen molar-refractivity contribution >= 4 is 27.3 Å². The highest BCUT2D eigenvalue weighted by Crippen LogP contribution is 2.18. The molecule has 29 heavy (non-hydrogen) atoms. The van der Waals surface area contributed by atoms with Gasteiger partial charge in [-0.2, -0.15) is 4.31 Å². The normalized spacial score (nSPS) is 11.9. The van der Waals surface area contributed by atoms with Crippen molar-refractivity contribution in [2.45, 2.75) is 32.1 Å². The third kappa shape index (κ3) is 4.08. The van der Waals surface area contributed by atoms with Crippen LogP contribution >= 0.6 is 0 Å². The lowest BCUT2D eigenvalue weighted by Gasteiger charge is -2.18. The fraction of sp³-hybridized carbons (Fsp3) is 0.316. The minimum atomic E-state index is -3.56. The fourth-order valence-electron chi connectivity index (χ4n) is 3.10. The van der Waals surface area contributed by atoms with Crippen LogP contribution in [0, 0.1) is 6.92 Å².